The van der Waals surface area contributed by atoms with E-state index in [-0.39, 0.29) is 17.3 Å². The van der Waals surface area contributed by atoms with Crippen LogP contribution in [0.5, 0.6) is 0 Å². The van der Waals surface area contributed by atoms with E-state index in [0.29, 0.717) is 11.7 Å². The Morgan fingerprint density at radius 2 is 2.33 bits per heavy atom. The van der Waals surface area contributed by atoms with Crippen molar-refractivity contribution in [1.82, 2.24) is 5.32 Å². The van der Waals surface area contributed by atoms with Crippen LogP contribution in [0.15, 0.2) is 18.2 Å². The minimum atomic E-state index is -0.516. The van der Waals surface area contributed by atoms with Gasteiger partial charge in [-0.3, -0.25) is 0 Å². The maximum atomic E-state index is 13.6. The van der Waals surface area contributed by atoms with E-state index in [0.717, 1.165) is 6.07 Å². The lowest BCUT2D eigenvalue weighted by atomic mass is 10.2. The molecule has 0 aliphatic rings. The predicted octanol–water partition coefficient (Wildman–Crippen LogP) is 2.02. The van der Waals surface area contributed by atoms with Crippen LogP contribution in [0.2, 0.25) is 0 Å². The fraction of sp³-hybridized carbons (Fsp3) is 0.333. The fourth-order valence-electron chi connectivity index (χ4n) is 1.36. The molecule has 0 spiro atoms. The Morgan fingerprint density at radius 1 is 1.61 bits per heavy atom. The van der Waals surface area contributed by atoms with E-state index in [9.17, 15) is 4.39 Å². The molecular formula is C12H14FN3OS. The zero-order valence-electron chi connectivity index (χ0n) is 10.2. The van der Waals surface area contributed by atoms with Crippen molar-refractivity contribution in [2.75, 3.05) is 19.0 Å². The lowest BCUT2D eigenvalue weighted by Gasteiger charge is -2.16. The molecule has 0 saturated carbocycles. The molecule has 0 saturated heterocycles. The van der Waals surface area contributed by atoms with Crippen LogP contribution in [0.25, 0.3) is 0 Å². The van der Waals surface area contributed by atoms with Crippen LogP contribution in [0.3, 0.4) is 0 Å². The SMILES string of the molecule is COCC(C)NC(=S)Nc1ccc(C#N)cc1F. The van der Waals surface area contributed by atoms with Gasteiger partial charge in [0.2, 0.25) is 0 Å². The summed E-state index contributed by atoms with van der Waals surface area (Å²) in [5, 5.41) is 14.6. The maximum Gasteiger partial charge on any atom is 0.171 e. The highest BCUT2D eigenvalue weighted by atomic mass is 32.1. The molecule has 1 atom stereocenters. The summed E-state index contributed by atoms with van der Waals surface area (Å²) in [6, 6.07) is 6.04. The van der Waals surface area contributed by atoms with Gasteiger partial charge in [0.1, 0.15) is 5.82 Å². The van der Waals surface area contributed by atoms with Crippen LogP contribution in [0.4, 0.5) is 10.1 Å². The molecule has 1 aromatic rings. The number of halogens is 1. The van der Waals surface area contributed by atoms with Gasteiger partial charge in [-0.2, -0.15) is 5.26 Å². The van der Waals surface area contributed by atoms with Gasteiger partial charge < -0.3 is 15.4 Å². The molecule has 0 aliphatic heterocycles. The van der Waals surface area contributed by atoms with Crippen molar-refractivity contribution in [3.8, 4) is 6.07 Å². The van der Waals surface area contributed by atoms with Gasteiger partial charge in [0.25, 0.3) is 0 Å². The second-order valence-corrected chi connectivity index (χ2v) is 4.17. The Hall–Kier alpha value is -1.71. The van der Waals surface area contributed by atoms with Gasteiger partial charge in [-0.1, -0.05) is 0 Å². The van der Waals surface area contributed by atoms with Crippen molar-refractivity contribution in [2.24, 2.45) is 0 Å². The number of thiocarbonyl (C=S) groups is 1. The Balaban J connectivity index is 2.62. The second-order valence-electron chi connectivity index (χ2n) is 3.76. The Labute approximate surface area is 111 Å². The summed E-state index contributed by atoms with van der Waals surface area (Å²) < 4.78 is 18.5. The number of benzene rings is 1. The molecule has 0 aromatic heterocycles. The summed E-state index contributed by atoms with van der Waals surface area (Å²) in [6.07, 6.45) is 0. The highest BCUT2D eigenvalue weighted by Crippen LogP contribution is 2.15. The summed E-state index contributed by atoms with van der Waals surface area (Å²) in [4.78, 5) is 0. The van der Waals surface area contributed by atoms with Gasteiger partial charge in [0, 0.05) is 13.2 Å². The van der Waals surface area contributed by atoms with E-state index in [1.54, 1.807) is 7.11 Å². The normalized spacial score (nSPS) is 11.4. The molecular weight excluding hydrogens is 253 g/mol. The number of nitriles is 1. The number of nitrogens with one attached hydrogen (secondary N) is 2. The third-order valence-electron chi connectivity index (χ3n) is 2.14. The van der Waals surface area contributed by atoms with Gasteiger partial charge in [0.15, 0.2) is 5.11 Å². The van der Waals surface area contributed by atoms with Crippen molar-refractivity contribution in [3.05, 3.63) is 29.6 Å². The number of anilines is 1. The fourth-order valence-corrected chi connectivity index (χ4v) is 1.67. The largest absolute Gasteiger partial charge is 0.383 e. The zero-order valence-corrected chi connectivity index (χ0v) is 11.0. The minimum absolute atomic E-state index is 0.0245. The minimum Gasteiger partial charge on any atom is -0.383 e. The highest BCUT2D eigenvalue weighted by molar-refractivity contribution is 7.80. The van der Waals surface area contributed by atoms with Crippen LogP contribution in [-0.4, -0.2) is 24.9 Å². The third-order valence-corrected chi connectivity index (χ3v) is 2.36. The van der Waals surface area contributed by atoms with Gasteiger partial charge in [-0.05, 0) is 37.3 Å². The van der Waals surface area contributed by atoms with E-state index >= 15 is 0 Å². The lowest BCUT2D eigenvalue weighted by Crippen LogP contribution is -2.38. The molecule has 2 N–H and O–H groups in total. The molecule has 0 fully saturated rings. The summed E-state index contributed by atoms with van der Waals surface area (Å²) in [5.74, 6) is -0.516. The Kier molecular flexibility index (Phi) is 5.49. The van der Waals surface area contributed by atoms with Gasteiger partial charge in [-0.15, -0.1) is 0 Å². The zero-order chi connectivity index (χ0) is 13.5. The molecule has 0 bridgehead atoms. The molecule has 1 rings (SSSR count). The predicted molar refractivity (Wildman–Crippen MR) is 71.8 cm³/mol. The first-order chi connectivity index (χ1) is 8.56. The molecule has 0 heterocycles. The molecule has 18 heavy (non-hydrogen) atoms. The molecule has 0 amide bonds. The molecule has 4 nitrogen and oxygen atoms in total. The summed E-state index contributed by atoms with van der Waals surface area (Å²) in [7, 11) is 1.59. The molecule has 6 heteroatoms. The van der Waals surface area contributed by atoms with E-state index in [4.69, 9.17) is 22.2 Å². The van der Waals surface area contributed by atoms with E-state index in [2.05, 4.69) is 10.6 Å². The number of nitrogens with zero attached hydrogens (tertiary/aromatic N) is 1. The van der Waals surface area contributed by atoms with E-state index in [1.165, 1.54) is 12.1 Å². The number of hydrogen-bond acceptors (Lipinski definition) is 3. The van der Waals surface area contributed by atoms with E-state index in [1.807, 2.05) is 13.0 Å². The molecule has 1 unspecified atom stereocenters. The van der Waals surface area contributed by atoms with Crippen molar-refractivity contribution in [2.45, 2.75) is 13.0 Å². The lowest BCUT2D eigenvalue weighted by molar-refractivity contribution is 0.179. The number of rotatable bonds is 4. The van der Waals surface area contributed by atoms with Crippen LogP contribution in [0.1, 0.15) is 12.5 Å². The Bertz CT molecular complexity index is 473. The molecule has 96 valence electrons. The topological polar surface area (TPSA) is 57.1 Å². The summed E-state index contributed by atoms with van der Waals surface area (Å²) in [5.41, 5.74) is 0.501. The maximum absolute atomic E-state index is 13.6. The quantitative estimate of drug-likeness (QED) is 0.817. The van der Waals surface area contributed by atoms with Crippen LogP contribution >= 0.6 is 12.2 Å². The third kappa shape index (κ3) is 4.28. The second kappa shape index (κ2) is 6.89. The van der Waals surface area contributed by atoms with Gasteiger partial charge >= 0.3 is 0 Å². The molecule has 0 radical (unpaired) electrons. The first kappa shape index (κ1) is 14.4. The number of hydrogen-bond donors (Lipinski definition) is 2. The first-order valence-electron chi connectivity index (χ1n) is 5.33. The Morgan fingerprint density at radius 3 is 2.89 bits per heavy atom. The average Bonchev–Trinajstić information content (AvgIpc) is 2.31. The number of methoxy groups -OCH3 is 1. The summed E-state index contributed by atoms with van der Waals surface area (Å²) in [6.45, 7) is 2.39. The monoisotopic (exact) mass is 267 g/mol. The van der Waals surface area contributed by atoms with Crippen molar-refractivity contribution < 1.29 is 9.13 Å². The van der Waals surface area contributed by atoms with Crippen molar-refractivity contribution >= 4 is 23.0 Å². The highest BCUT2D eigenvalue weighted by Gasteiger charge is 2.07. The molecule has 0 aliphatic carbocycles. The van der Waals surface area contributed by atoms with Crippen LogP contribution in [0, 0.1) is 17.1 Å². The molecule has 1 aromatic carbocycles. The standard InChI is InChI=1S/C12H14FN3OS/c1-8(7-17-2)15-12(18)16-11-4-3-9(6-14)5-10(11)13/h3-5,8H,7H2,1-2H3,(H2,15,16,18). The van der Waals surface area contributed by atoms with Gasteiger partial charge in [0.05, 0.1) is 23.9 Å². The van der Waals surface area contributed by atoms with Crippen LogP contribution in [-0.2, 0) is 4.74 Å². The average molecular weight is 267 g/mol. The van der Waals surface area contributed by atoms with Crippen molar-refractivity contribution in [3.63, 3.8) is 0 Å². The first-order valence-corrected chi connectivity index (χ1v) is 5.73. The number of ether oxygens (including phenoxy) is 1. The van der Waals surface area contributed by atoms with Crippen molar-refractivity contribution in [1.29, 1.82) is 5.26 Å². The summed E-state index contributed by atoms with van der Waals surface area (Å²) >= 11 is 5.04. The smallest absolute Gasteiger partial charge is 0.171 e. The van der Waals surface area contributed by atoms with E-state index < -0.39 is 5.82 Å². The van der Waals surface area contributed by atoms with Gasteiger partial charge in [-0.25, -0.2) is 4.39 Å². The van der Waals surface area contributed by atoms with Crippen LogP contribution < -0.4 is 10.6 Å².